The summed E-state index contributed by atoms with van der Waals surface area (Å²) in [4.78, 5) is 12.0. The lowest BCUT2D eigenvalue weighted by Gasteiger charge is -2.47. The van der Waals surface area contributed by atoms with Gasteiger partial charge < -0.3 is 15.5 Å². The van der Waals surface area contributed by atoms with Crippen LogP contribution in [0.5, 0.6) is 0 Å². The summed E-state index contributed by atoms with van der Waals surface area (Å²) >= 11 is 0. The first-order chi connectivity index (χ1) is 12.7. The number of benzene rings is 1. The number of nitrogens with one attached hydrogen (secondary N) is 2. The van der Waals surface area contributed by atoms with Gasteiger partial charge in [-0.05, 0) is 31.5 Å². The van der Waals surface area contributed by atoms with Gasteiger partial charge >= 0.3 is 0 Å². The van der Waals surface area contributed by atoms with Gasteiger partial charge in [0.25, 0.3) is 0 Å². The van der Waals surface area contributed by atoms with E-state index in [1.165, 1.54) is 44.0 Å². The maximum atomic E-state index is 4.39. The van der Waals surface area contributed by atoms with E-state index in [0.29, 0.717) is 6.04 Å². The third-order valence-electron chi connectivity index (χ3n) is 5.54. The van der Waals surface area contributed by atoms with Crippen molar-refractivity contribution in [3.05, 3.63) is 29.8 Å². The normalized spacial score (nSPS) is 24.3. The first-order valence-electron chi connectivity index (χ1n) is 9.92. The fourth-order valence-corrected chi connectivity index (χ4v) is 3.96. The van der Waals surface area contributed by atoms with Crippen molar-refractivity contribution in [3.63, 3.8) is 0 Å². The van der Waals surface area contributed by atoms with Crippen molar-refractivity contribution >= 4 is 35.6 Å². The predicted molar refractivity (Wildman–Crippen MR) is 126 cm³/mol. The second-order valence-electron chi connectivity index (χ2n) is 7.29. The Kier molecular flexibility index (Phi) is 9.11. The van der Waals surface area contributed by atoms with E-state index in [2.05, 4.69) is 68.4 Å². The van der Waals surface area contributed by atoms with E-state index < -0.39 is 0 Å². The van der Waals surface area contributed by atoms with Gasteiger partial charge in [-0.3, -0.25) is 14.8 Å². The van der Waals surface area contributed by atoms with E-state index in [4.69, 9.17) is 0 Å². The number of hydrogen-bond donors (Lipinski definition) is 2. The molecule has 3 aliphatic rings. The SMILES string of the molecule is CCN(CCNC(=NC)NCC1CN2CCN1CC2)c1cccc(C)c1.I. The molecule has 0 saturated carbocycles. The number of nitrogens with zero attached hydrogens (tertiary/aromatic N) is 4. The molecule has 2 N–H and O–H groups in total. The quantitative estimate of drug-likeness (QED) is 0.349. The first kappa shape index (κ1) is 22.2. The molecule has 0 aliphatic carbocycles. The summed E-state index contributed by atoms with van der Waals surface area (Å²) in [6, 6.07) is 9.32. The molecular weight excluding hydrogens is 451 g/mol. The molecule has 4 rings (SSSR count). The van der Waals surface area contributed by atoms with Crippen molar-refractivity contribution in [2.75, 3.05) is 70.9 Å². The van der Waals surface area contributed by atoms with Crippen LogP contribution in [0.25, 0.3) is 0 Å². The number of fused-ring (bicyclic) bond motifs is 3. The van der Waals surface area contributed by atoms with Gasteiger partial charge in [-0.25, -0.2) is 0 Å². The van der Waals surface area contributed by atoms with Crippen LogP contribution in [0.3, 0.4) is 0 Å². The Hall–Kier alpha value is -1.06. The summed E-state index contributed by atoms with van der Waals surface area (Å²) in [6.45, 7) is 14.2. The molecule has 3 saturated heterocycles. The molecular formula is C20H35IN6. The summed E-state index contributed by atoms with van der Waals surface area (Å²) in [6.07, 6.45) is 0. The lowest BCUT2D eigenvalue weighted by molar-refractivity contribution is 0.0154. The maximum Gasteiger partial charge on any atom is 0.191 e. The molecule has 1 aromatic carbocycles. The van der Waals surface area contributed by atoms with Crippen molar-refractivity contribution in [1.82, 2.24) is 20.4 Å². The number of anilines is 1. The van der Waals surface area contributed by atoms with Crippen molar-refractivity contribution in [2.24, 2.45) is 4.99 Å². The predicted octanol–water partition coefficient (Wildman–Crippen LogP) is 1.60. The Morgan fingerprint density at radius 2 is 2.00 bits per heavy atom. The molecule has 3 aliphatic heterocycles. The van der Waals surface area contributed by atoms with E-state index in [1.807, 2.05) is 7.05 Å². The van der Waals surface area contributed by atoms with Crippen molar-refractivity contribution < 1.29 is 0 Å². The zero-order valence-electron chi connectivity index (χ0n) is 16.9. The highest BCUT2D eigenvalue weighted by Crippen LogP contribution is 2.15. The van der Waals surface area contributed by atoms with Gasteiger partial charge in [-0.1, -0.05) is 12.1 Å². The number of hydrogen-bond acceptors (Lipinski definition) is 4. The van der Waals surface area contributed by atoms with E-state index in [0.717, 1.165) is 32.1 Å². The summed E-state index contributed by atoms with van der Waals surface area (Å²) < 4.78 is 0. The van der Waals surface area contributed by atoms with E-state index in [-0.39, 0.29) is 24.0 Å². The van der Waals surface area contributed by atoms with Crippen LogP contribution in [0, 0.1) is 6.92 Å². The molecule has 152 valence electrons. The highest BCUT2D eigenvalue weighted by molar-refractivity contribution is 14.0. The fraction of sp³-hybridized carbons (Fsp3) is 0.650. The summed E-state index contributed by atoms with van der Waals surface area (Å²) in [7, 11) is 1.85. The molecule has 1 atom stereocenters. The van der Waals surface area contributed by atoms with Gasteiger partial charge in [-0.2, -0.15) is 0 Å². The Bertz CT molecular complexity index is 600. The first-order valence-corrected chi connectivity index (χ1v) is 9.92. The molecule has 7 heteroatoms. The standard InChI is InChI=1S/C20H34N6.HI/c1-4-25(18-7-5-6-17(2)14-18)9-8-22-20(21-3)23-15-19-16-24-10-12-26(19)13-11-24;/h5-7,14,19H,4,8-13,15-16H2,1-3H3,(H2,21,22,23);1H. The van der Waals surface area contributed by atoms with Gasteiger partial charge in [0.2, 0.25) is 0 Å². The number of piperazine rings is 3. The van der Waals surface area contributed by atoms with Gasteiger partial charge in [0.15, 0.2) is 5.96 Å². The number of guanidine groups is 1. The van der Waals surface area contributed by atoms with Crippen LogP contribution in [0.15, 0.2) is 29.3 Å². The van der Waals surface area contributed by atoms with Gasteiger partial charge in [0.1, 0.15) is 0 Å². The molecule has 6 nitrogen and oxygen atoms in total. The van der Waals surface area contributed by atoms with E-state index >= 15 is 0 Å². The molecule has 0 amide bonds. The number of halogens is 1. The zero-order valence-corrected chi connectivity index (χ0v) is 19.3. The Balaban J connectivity index is 0.00000261. The zero-order chi connectivity index (χ0) is 18.4. The third-order valence-corrected chi connectivity index (χ3v) is 5.54. The number of likely N-dealkylation sites (N-methyl/N-ethyl adjacent to an activating group) is 1. The Morgan fingerprint density at radius 3 is 2.59 bits per heavy atom. The topological polar surface area (TPSA) is 46.1 Å². The van der Waals surface area contributed by atoms with Crippen LogP contribution in [0.4, 0.5) is 5.69 Å². The van der Waals surface area contributed by atoms with Crippen LogP contribution in [0.2, 0.25) is 0 Å². The van der Waals surface area contributed by atoms with Crippen molar-refractivity contribution in [1.29, 1.82) is 0 Å². The van der Waals surface area contributed by atoms with Crippen molar-refractivity contribution in [2.45, 2.75) is 19.9 Å². The van der Waals surface area contributed by atoms with Gasteiger partial charge in [-0.15, -0.1) is 24.0 Å². The molecule has 0 aromatic heterocycles. The number of rotatable bonds is 7. The monoisotopic (exact) mass is 486 g/mol. The minimum Gasteiger partial charge on any atom is -0.370 e. The molecule has 1 unspecified atom stereocenters. The maximum absolute atomic E-state index is 4.39. The Labute approximate surface area is 181 Å². The van der Waals surface area contributed by atoms with E-state index in [1.54, 1.807) is 0 Å². The lowest BCUT2D eigenvalue weighted by Crippen LogP contribution is -2.63. The summed E-state index contributed by atoms with van der Waals surface area (Å²) in [5, 5.41) is 6.98. The third kappa shape index (κ3) is 6.22. The Morgan fingerprint density at radius 1 is 1.22 bits per heavy atom. The minimum absolute atomic E-state index is 0. The summed E-state index contributed by atoms with van der Waals surface area (Å²) in [5.41, 5.74) is 2.59. The molecule has 3 heterocycles. The largest absolute Gasteiger partial charge is 0.370 e. The van der Waals surface area contributed by atoms with Crippen LogP contribution >= 0.6 is 24.0 Å². The lowest BCUT2D eigenvalue weighted by atomic mass is 10.1. The molecule has 1 aromatic rings. The highest BCUT2D eigenvalue weighted by atomic mass is 127. The van der Waals surface area contributed by atoms with Crippen LogP contribution < -0.4 is 15.5 Å². The smallest absolute Gasteiger partial charge is 0.191 e. The number of aliphatic imine (C=N–C) groups is 1. The second-order valence-corrected chi connectivity index (χ2v) is 7.29. The fourth-order valence-electron chi connectivity index (χ4n) is 3.96. The second kappa shape index (κ2) is 11.1. The average Bonchev–Trinajstić information content (AvgIpc) is 2.68. The average molecular weight is 486 g/mol. The number of aryl methyl sites for hydroxylation is 1. The highest BCUT2D eigenvalue weighted by Gasteiger charge is 2.31. The molecule has 27 heavy (non-hydrogen) atoms. The molecule has 0 radical (unpaired) electrons. The van der Waals surface area contributed by atoms with Crippen LogP contribution in [-0.4, -0.2) is 87.8 Å². The molecule has 3 fully saturated rings. The summed E-state index contributed by atoms with van der Waals surface area (Å²) in [5.74, 6) is 0.906. The van der Waals surface area contributed by atoms with E-state index in [9.17, 15) is 0 Å². The van der Waals surface area contributed by atoms with Crippen LogP contribution in [0.1, 0.15) is 12.5 Å². The molecule has 0 spiro atoms. The minimum atomic E-state index is 0. The van der Waals surface area contributed by atoms with Crippen molar-refractivity contribution in [3.8, 4) is 0 Å². The molecule has 2 bridgehead atoms. The van der Waals surface area contributed by atoms with Crippen LogP contribution in [-0.2, 0) is 0 Å². The van der Waals surface area contributed by atoms with Gasteiger partial charge in [0.05, 0.1) is 0 Å². The van der Waals surface area contributed by atoms with Gasteiger partial charge in [0, 0.05) is 77.7 Å².